The average Bonchev–Trinajstić information content (AvgIpc) is 2.96. The molecule has 2 aromatic carbocycles. The van der Waals surface area contributed by atoms with Crippen molar-refractivity contribution in [2.75, 3.05) is 11.9 Å². The smallest absolute Gasteiger partial charge is 0.266 e. The van der Waals surface area contributed by atoms with Gasteiger partial charge in [0.1, 0.15) is 10.9 Å². The molecule has 0 atom stereocenters. The lowest BCUT2D eigenvalue weighted by atomic mass is 10.1. The van der Waals surface area contributed by atoms with Gasteiger partial charge in [0.05, 0.1) is 10.9 Å². The van der Waals surface area contributed by atoms with Crippen molar-refractivity contribution in [1.82, 2.24) is 4.90 Å². The Morgan fingerprint density at radius 2 is 1.86 bits per heavy atom. The molecule has 0 saturated carbocycles. The maximum atomic E-state index is 12.7. The summed E-state index contributed by atoms with van der Waals surface area (Å²) in [5, 5.41) is 13.6. The van der Waals surface area contributed by atoms with Crippen molar-refractivity contribution in [3.63, 3.8) is 0 Å². The molecule has 1 heterocycles. The Bertz CT molecular complexity index is 1020. The second-order valence-electron chi connectivity index (χ2n) is 6.24. The molecule has 29 heavy (non-hydrogen) atoms. The van der Waals surface area contributed by atoms with Crippen molar-refractivity contribution in [3.8, 4) is 0 Å². The second-order valence-corrected chi connectivity index (χ2v) is 7.92. The third-order valence-electron chi connectivity index (χ3n) is 4.28. The molecule has 0 radical (unpaired) electrons. The van der Waals surface area contributed by atoms with Crippen LogP contribution in [0.15, 0.2) is 53.4 Å². The first-order valence-electron chi connectivity index (χ1n) is 8.83. The predicted octanol–water partition coefficient (Wildman–Crippen LogP) is 2.45. The number of amides is 2. The highest BCUT2D eigenvalue weighted by Crippen LogP contribution is 2.32. The molecule has 1 fully saturated rings. The lowest BCUT2D eigenvalue weighted by Gasteiger charge is -2.16. The second kappa shape index (κ2) is 9.02. The first-order chi connectivity index (χ1) is 13.9. The number of nitrogens with zero attached hydrogens (tertiary/aromatic N) is 1. The summed E-state index contributed by atoms with van der Waals surface area (Å²) >= 11 is 6.37. The van der Waals surface area contributed by atoms with Gasteiger partial charge in [0.15, 0.2) is 0 Å². The van der Waals surface area contributed by atoms with Gasteiger partial charge in [-0.3, -0.25) is 14.5 Å². The summed E-state index contributed by atoms with van der Waals surface area (Å²) in [5.41, 5.74) is 2.04. The minimum absolute atomic E-state index is 0.106. The Morgan fingerprint density at radius 1 is 1.17 bits per heavy atom. The van der Waals surface area contributed by atoms with Crippen molar-refractivity contribution in [2.45, 2.75) is 13.3 Å². The lowest BCUT2D eigenvalue weighted by molar-refractivity contribution is -0.254. The van der Waals surface area contributed by atoms with Gasteiger partial charge in [0.25, 0.3) is 5.91 Å². The number of rotatable bonds is 6. The number of para-hydroxylation sites is 1. The standard InChI is InChI=1S/C21H18N2O4S2/c1-2-13-7-9-14(10-8-13)11-17-19(25)23(21(28)29-17)12-18(24)22-16-6-4-3-5-15(16)20(26)27/h3-11H,2,12H2,1H3,(H,22,24)(H,26,27)/p-1. The van der Waals surface area contributed by atoms with Crippen LogP contribution in [-0.2, 0) is 16.0 Å². The molecule has 3 rings (SSSR count). The van der Waals surface area contributed by atoms with Crippen LogP contribution in [0, 0.1) is 0 Å². The number of aromatic carboxylic acids is 1. The number of hydrogen-bond donors (Lipinski definition) is 1. The fourth-order valence-electron chi connectivity index (χ4n) is 2.74. The molecule has 148 valence electrons. The zero-order valence-corrected chi connectivity index (χ0v) is 17.1. The van der Waals surface area contributed by atoms with Crippen molar-refractivity contribution < 1.29 is 19.5 Å². The van der Waals surface area contributed by atoms with Gasteiger partial charge in [-0.1, -0.05) is 73.4 Å². The summed E-state index contributed by atoms with van der Waals surface area (Å²) in [5.74, 6) is -2.31. The van der Waals surface area contributed by atoms with E-state index in [-0.39, 0.29) is 28.0 Å². The molecule has 8 heteroatoms. The number of carbonyl (C=O) groups is 3. The van der Waals surface area contributed by atoms with Crippen LogP contribution < -0.4 is 10.4 Å². The van der Waals surface area contributed by atoms with E-state index in [9.17, 15) is 19.5 Å². The number of hydrogen-bond acceptors (Lipinski definition) is 6. The van der Waals surface area contributed by atoms with E-state index in [1.165, 1.54) is 28.7 Å². The molecule has 1 aliphatic rings. The van der Waals surface area contributed by atoms with Crippen LogP contribution >= 0.6 is 24.0 Å². The number of nitrogens with one attached hydrogen (secondary N) is 1. The summed E-state index contributed by atoms with van der Waals surface area (Å²) < 4.78 is 0.273. The number of thioether (sulfide) groups is 1. The molecule has 1 aliphatic heterocycles. The lowest BCUT2D eigenvalue weighted by Crippen LogP contribution is -2.36. The van der Waals surface area contributed by atoms with Crippen LogP contribution in [0.4, 0.5) is 5.69 Å². The van der Waals surface area contributed by atoms with E-state index in [0.29, 0.717) is 4.91 Å². The fraction of sp³-hybridized carbons (Fsp3) is 0.143. The van der Waals surface area contributed by atoms with Gasteiger partial charge in [-0.05, 0) is 29.7 Å². The minimum Gasteiger partial charge on any atom is -0.545 e. The van der Waals surface area contributed by atoms with Gasteiger partial charge in [0, 0.05) is 11.3 Å². The number of carboxylic acid groups (broad SMARTS) is 1. The van der Waals surface area contributed by atoms with Crippen molar-refractivity contribution in [3.05, 3.63) is 70.1 Å². The predicted molar refractivity (Wildman–Crippen MR) is 115 cm³/mol. The van der Waals surface area contributed by atoms with Crippen LogP contribution in [0.5, 0.6) is 0 Å². The van der Waals surface area contributed by atoms with Gasteiger partial charge in [-0.15, -0.1) is 0 Å². The Balaban J connectivity index is 1.70. The third-order valence-corrected chi connectivity index (χ3v) is 5.66. The monoisotopic (exact) mass is 425 g/mol. The van der Waals surface area contributed by atoms with Gasteiger partial charge in [-0.2, -0.15) is 0 Å². The van der Waals surface area contributed by atoms with E-state index < -0.39 is 11.9 Å². The zero-order valence-electron chi connectivity index (χ0n) is 15.5. The molecule has 0 aromatic heterocycles. The molecular formula is C21H17N2O4S2-. The maximum Gasteiger partial charge on any atom is 0.266 e. The zero-order chi connectivity index (χ0) is 21.0. The summed E-state index contributed by atoms with van der Waals surface area (Å²) in [6.45, 7) is 1.76. The highest BCUT2D eigenvalue weighted by molar-refractivity contribution is 8.26. The van der Waals surface area contributed by atoms with Crippen molar-refractivity contribution >= 4 is 57.8 Å². The Morgan fingerprint density at radius 3 is 2.52 bits per heavy atom. The van der Waals surface area contributed by atoms with E-state index in [4.69, 9.17) is 12.2 Å². The fourth-order valence-corrected chi connectivity index (χ4v) is 4.00. The number of aryl methyl sites for hydroxylation is 1. The molecule has 0 unspecified atom stereocenters. The van der Waals surface area contributed by atoms with Crippen molar-refractivity contribution in [2.24, 2.45) is 0 Å². The summed E-state index contributed by atoms with van der Waals surface area (Å²) in [6, 6.07) is 13.7. The van der Waals surface area contributed by atoms with Crippen LogP contribution in [0.3, 0.4) is 0 Å². The molecule has 2 amide bonds. The third kappa shape index (κ3) is 4.90. The molecule has 1 N–H and O–H groups in total. The van der Waals surface area contributed by atoms with Crippen molar-refractivity contribution in [1.29, 1.82) is 0 Å². The molecular weight excluding hydrogens is 408 g/mol. The summed E-state index contributed by atoms with van der Waals surface area (Å²) in [7, 11) is 0. The maximum absolute atomic E-state index is 12.7. The van der Waals surface area contributed by atoms with Crippen LogP contribution in [0.1, 0.15) is 28.4 Å². The summed E-state index contributed by atoms with van der Waals surface area (Å²) in [4.78, 5) is 37.8. The normalized spacial score (nSPS) is 15.1. The van der Waals surface area contributed by atoms with Gasteiger partial charge < -0.3 is 15.2 Å². The van der Waals surface area contributed by atoms with E-state index in [0.717, 1.165) is 23.7 Å². The van der Waals surface area contributed by atoms with Crippen LogP contribution in [0.2, 0.25) is 0 Å². The highest BCUT2D eigenvalue weighted by Gasteiger charge is 2.33. The van der Waals surface area contributed by atoms with E-state index in [2.05, 4.69) is 12.2 Å². The average molecular weight is 426 g/mol. The quantitative estimate of drug-likeness (QED) is 0.565. The Labute approximate surface area is 177 Å². The number of thiocarbonyl (C=S) groups is 1. The molecule has 1 saturated heterocycles. The minimum atomic E-state index is -1.40. The van der Waals surface area contributed by atoms with Crippen LogP contribution in [0.25, 0.3) is 6.08 Å². The first-order valence-corrected chi connectivity index (χ1v) is 10.1. The molecule has 6 nitrogen and oxygen atoms in total. The van der Waals surface area contributed by atoms with Gasteiger partial charge in [0.2, 0.25) is 5.91 Å². The van der Waals surface area contributed by atoms with E-state index >= 15 is 0 Å². The first kappa shape index (κ1) is 20.8. The Hall–Kier alpha value is -2.97. The number of anilines is 1. The van der Waals surface area contributed by atoms with E-state index in [1.54, 1.807) is 12.1 Å². The molecule has 0 spiro atoms. The largest absolute Gasteiger partial charge is 0.545 e. The SMILES string of the molecule is CCc1ccc(C=C2SC(=S)N(CC(=O)Nc3ccccc3C(=O)[O-])C2=O)cc1. The summed E-state index contributed by atoms with van der Waals surface area (Å²) in [6.07, 6.45) is 2.67. The molecule has 0 bridgehead atoms. The molecule has 0 aliphatic carbocycles. The highest BCUT2D eigenvalue weighted by atomic mass is 32.2. The Kier molecular flexibility index (Phi) is 6.46. The number of carbonyl (C=O) groups excluding carboxylic acids is 3. The van der Waals surface area contributed by atoms with Gasteiger partial charge >= 0.3 is 0 Å². The topological polar surface area (TPSA) is 89.5 Å². The number of carboxylic acids is 1. The van der Waals surface area contributed by atoms with E-state index in [1.807, 2.05) is 24.3 Å². The van der Waals surface area contributed by atoms with Gasteiger partial charge in [-0.25, -0.2) is 0 Å². The number of benzene rings is 2. The van der Waals surface area contributed by atoms with Crippen LogP contribution in [-0.4, -0.2) is 33.5 Å². The molecule has 2 aromatic rings.